The molecule has 1 aromatic heterocycles. The molecule has 2 aliphatic rings. The molecule has 24 heavy (non-hydrogen) atoms. The average Bonchev–Trinajstić information content (AvgIpc) is 2.96. The molecule has 0 spiro atoms. The summed E-state index contributed by atoms with van der Waals surface area (Å²) in [5, 5.41) is 18.2. The van der Waals surface area contributed by atoms with E-state index in [4.69, 9.17) is 0 Å². The van der Waals surface area contributed by atoms with Gasteiger partial charge in [0.25, 0.3) is 0 Å². The van der Waals surface area contributed by atoms with Gasteiger partial charge in [0, 0.05) is 18.9 Å². The zero-order valence-corrected chi connectivity index (χ0v) is 15.0. The lowest BCUT2D eigenvalue weighted by Crippen LogP contribution is -2.20. The molecule has 1 aliphatic carbocycles. The van der Waals surface area contributed by atoms with Crippen molar-refractivity contribution in [1.82, 2.24) is 14.8 Å². The van der Waals surface area contributed by atoms with E-state index < -0.39 is 5.92 Å². The summed E-state index contributed by atoms with van der Waals surface area (Å²) in [6.07, 6.45) is 6.36. The van der Waals surface area contributed by atoms with E-state index in [0.29, 0.717) is 5.82 Å². The Balaban J connectivity index is 1.88. The van der Waals surface area contributed by atoms with E-state index in [1.54, 1.807) is 0 Å². The van der Waals surface area contributed by atoms with Crippen molar-refractivity contribution < 1.29 is 4.79 Å². The lowest BCUT2D eigenvalue weighted by molar-refractivity contribution is -0.121. The minimum atomic E-state index is -0.802. The molecule has 128 valence electrons. The number of hydrogen-bond acceptors (Lipinski definition) is 4. The first kappa shape index (κ1) is 16.9. The highest BCUT2D eigenvalue weighted by Gasteiger charge is 2.61. The van der Waals surface area contributed by atoms with Gasteiger partial charge in [-0.2, -0.15) is 5.26 Å². The summed E-state index contributed by atoms with van der Waals surface area (Å²) >= 11 is 0. The van der Waals surface area contributed by atoms with Gasteiger partial charge < -0.3 is 4.57 Å². The third-order valence-electron chi connectivity index (χ3n) is 5.54. The molecular formula is C19H26N4O. The molecule has 3 atom stereocenters. The maximum Gasteiger partial charge on any atom is 0.165 e. The summed E-state index contributed by atoms with van der Waals surface area (Å²) in [4.78, 5) is 13.1. The standard InChI is InChI=1S/C19H26N4O/c1-12(2)10-14-16(19(14,3)4)17(24)13(11-20)18-22-21-15-8-6-5-7-9-23(15)18/h10,13-14,16H,5-9H2,1-4H3/t13-,14-,16+/m1/s1. The molecule has 0 amide bonds. The van der Waals surface area contributed by atoms with Gasteiger partial charge in [-0.3, -0.25) is 4.79 Å². The highest BCUT2D eigenvalue weighted by atomic mass is 16.1. The summed E-state index contributed by atoms with van der Waals surface area (Å²) in [5.74, 6) is 0.797. The molecule has 5 nitrogen and oxygen atoms in total. The monoisotopic (exact) mass is 326 g/mol. The number of carbonyl (C=O) groups is 1. The van der Waals surface area contributed by atoms with E-state index in [9.17, 15) is 10.1 Å². The van der Waals surface area contributed by atoms with Crippen molar-refractivity contribution in [3.8, 4) is 6.07 Å². The van der Waals surface area contributed by atoms with Gasteiger partial charge in [0.1, 0.15) is 5.82 Å². The fraction of sp³-hybridized carbons (Fsp3) is 0.684. The number of allylic oxidation sites excluding steroid dienone is 2. The summed E-state index contributed by atoms with van der Waals surface area (Å²) in [7, 11) is 0. The summed E-state index contributed by atoms with van der Waals surface area (Å²) in [6.45, 7) is 9.14. The molecule has 0 aromatic carbocycles. The van der Waals surface area contributed by atoms with Gasteiger partial charge >= 0.3 is 0 Å². The molecule has 0 radical (unpaired) electrons. The maximum atomic E-state index is 13.1. The quantitative estimate of drug-likeness (QED) is 0.795. The second-order valence-electron chi connectivity index (χ2n) is 7.97. The fourth-order valence-electron chi connectivity index (χ4n) is 4.04. The Hall–Kier alpha value is -1.96. The molecule has 1 aromatic rings. The van der Waals surface area contributed by atoms with E-state index in [-0.39, 0.29) is 23.0 Å². The van der Waals surface area contributed by atoms with E-state index in [1.165, 1.54) is 5.57 Å². The minimum absolute atomic E-state index is 0.00412. The van der Waals surface area contributed by atoms with E-state index in [1.807, 2.05) is 4.57 Å². The van der Waals surface area contributed by atoms with Crippen LogP contribution in [0, 0.1) is 28.6 Å². The molecule has 1 fully saturated rings. The average molecular weight is 326 g/mol. The molecule has 3 rings (SSSR count). The van der Waals surface area contributed by atoms with Crippen molar-refractivity contribution in [2.45, 2.75) is 65.8 Å². The van der Waals surface area contributed by atoms with Crippen LogP contribution in [0.4, 0.5) is 0 Å². The Kier molecular flexibility index (Phi) is 4.33. The van der Waals surface area contributed by atoms with Crippen LogP contribution in [0.15, 0.2) is 11.6 Å². The Morgan fingerprint density at radius 2 is 2.08 bits per heavy atom. The van der Waals surface area contributed by atoms with Crippen molar-refractivity contribution in [2.24, 2.45) is 17.3 Å². The normalized spacial score (nSPS) is 25.8. The van der Waals surface area contributed by atoms with Crippen LogP contribution >= 0.6 is 0 Å². The predicted octanol–water partition coefficient (Wildman–Crippen LogP) is 3.42. The van der Waals surface area contributed by atoms with Crippen LogP contribution in [0.25, 0.3) is 0 Å². The molecular weight excluding hydrogens is 300 g/mol. The first-order valence-corrected chi connectivity index (χ1v) is 8.88. The first-order chi connectivity index (χ1) is 11.4. The number of fused-ring (bicyclic) bond motifs is 1. The van der Waals surface area contributed by atoms with Crippen molar-refractivity contribution in [1.29, 1.82) is 5.26 Å². The van der Waals surface area contributed by atoms with Crippen LogP contribution in [0.5, 0.6) is 0 Å². The van der Waals surface area contributed by atoms with Gasteiger partial charge in [0.2, 0.25) is 0 Å². The summed E-state index contributed by atoms with van der Waals surface area (Å²) in [5.41, 5.74) is 1.14. The number of carbonyl (C=O) groups excluding carboxylic acids is 1. The van der Waals surface area contributed by atoms with Crippen molar-refractivity contribution in [3.05, 3.63) is 23.3 Å². The third kappa shape index (κ3) is 2.79. The number of aromatic nitrogens is 3. The van der Waals surface area contributed by atoms with Crippen LogP contribution in [0.2, 0.25) is 0 Å². The second-order valence-corrected chi connectivity index (χ2v) is 7.97. The van der Waals surface area contributed by atoms with Crippen molar-refractivity contribution >= 4 is 5.78 Å². The maximum absolute atomic E-state index is 13.1. The van der Waals surface area contributed by atoms with Gasteiger partial charge in [-0.1, -0.05) is 31.9 Å². The Labute approximate surface area is 143 Å². The Morgan fingerprint density at radius 1 is 1.33 bits per heavy atom. The van der Waals surface area contributed by atoms with E-state index >= 15 is 0 Å². The molecule has 0 saturated heterocycles. The number of aryl methyl sites for hydroxylation is 1. The zero-order chi connectivity index (χ0) is 17.5. The summed E-state index contributed by atoms with van der Waals surface area (Å²) in [6, 6.07) is 2.21. The van der Waals surface area contributed by atoms with Gasteiger partial charge in [-0.05, 0) is 38.0 Å². The Morgan fingerprint density at radius 3 is 2.75 bits per heavy atom. The van der Waals surface area contributed by atoms with Gasteiger partial charge in [-0.25, -0.2) is 0 Å². The third-order valence-corrected chi connectivity index (χ3v) is 5.54. The number of ketones is 1. The van der Waals surface area contributed by atoms with Crippen LogP contribution in [0.1, 0.15) is 64.5 Å². The summed E-state index contributed by atoms with van der Waals surface area (Å²) < 4.78 is 2.02. The number of nitrogens with zero attached hydrogens (tertiary/aromatic N) is 4. The van der Waals surface area contributed by atoms with Crippen LogP contribution in [0.3, 0.4) is 0 Å². The predicted molar refractivity (Wildman–Crippen MR) is 91.1 cm³/mol. The Bertz CT molecular complexity index is 718. The first-order valence-electron chi connectivity index (χ1n) is 8.88. The fourth-order valence-corrected chi connectivity index (χ4v) is 4.04. The van der Waals surface area contributed by atoms with Gasteiger partial charge in [0.15, 0.2) is 17.5 Å². The number of nitriles is 1. The van der Waals surface area contributed by atoms with Crippen molar-refractivity contribution in [2.75, 3.05) is 0 Å². The van der Waals surface area contributed by atoms with Crippen molar-refractivity contribution in [3.63, 3.8) is 0 Å². The van der Waals surface area contributed by atoms with E-state index in [0.717, 1.165) is 38.1 Å². The van der Waals surface area contributed by atoms with Gasteiger partial charge in [-0.15, -0.1) is 10.2 Å². The smallest absolute Gasteiger partial charge is 0.165 e. The number of hydrogen-bond donors (Lipinski definition) is 0. The molecule has 5 heteroatoms. The van der Waals surface area contributed by atoms with E-state index in [2.05, 4.69) is 50.0 Å². The van der Waals surface area contributed by atoms with Crippen LogP contribution < -0.4 is 0 Å². The van der Waals surface area contributed by atoms with Crippen LogP contribution in [-0.2, 0) is 17.8 Å². The topological polar surface area (TPSA) is 71.6 Å². The lowest BCUT2D eigenvalue weighted by Gasteiger charge is -2.11. The lowest BCUT2D eigenvalue weighted by atomic mass is 9.96. The zero-order valence-electron chi connectivity index (χ0n) is 15.0. The van der Waals surface area contributed by atoms with Crippen LogP contribution in [-0.4, -0.2) is 20.5 Å². The minimum Gasteiger partial charge on any atom is -0.313 e. The largest absolute Gasteiger partial charge is 0.313 e. The highest BCUT2D eigenvalue weighted by molar-refractivity contribution is 5.93. The molecule has 0 unspecified atom stereocenters. The SMILES string of the molecule is CC(C)=C[C@@H]1[C@@H](C(=O)[C@@H](C#N)c2nnc3n2CCCCC3)C1(C)C. The number of rotatable bonds is 4. The molecule has 0 N–H and O–H groups in total. The molecule has 1 saturated carbocycles. The number of Topliss-reactive ketones (excluding diaryl/α,β-unsaturated/α-hetero) is 1. The molecule has 1 aliphatic heterocycles. The molecule has 0 bridgehead atoms. The van der Waals surface area contributed by atoms with Gasteiger partial charge in [0.05, 0.1) is 6.07 Å². The highest BCUT2D eigenvalue weighted by Crippen LogP contribution is 2.61. The second kappa shape index (κ2) is 6.16. The molecule has 2 heterocycles.